The van der Waals surface area contributed by atoms with E-state index in [1.165, 1.54) is 0 Å². The van der Waals surface area contributed by atoms with E-state index >= 15 is 0 Å². The van der Waals surface area contributed by atoms with Gasteiger partial charge in [-0.05, 0) is 51.9 Å². The molecular formula is C23H30O8. The number of esters is 3. The van der Waals surface area contributed by atoms with E-state index in [4.69, 9.17) is 14.2 Å². The summed E-state index contributed by atoms with van der Waals surface area (Å²) >= 11 is 0. The largest absolute Gasteiger partial charge is 0.481 e. The zero-order chi connectivity index (χ0) is 22.3. The molecule has 1 N–H and O–H groups in total. The SMILES string of the molecule is C=C(C)C(=O)OC1(CCCC(=O)OC2C3CC4C2OC(=O)C4C3C(=O)O)CCCCC1. The molecule has 8 heteroatoms. The highest BCUT2D eigenvalue weighted by Crippen LogP contribution is 2.58. The van der Waals surface area contributed by atoms with Gasteiger partial charge in [0.05, 0.1) is 11.8 Å². The third-order valence-corrected chi connectivity index (χ3v) is 7.53. The summed E-state index contributed by atoms with van der Waals surface area (Å²) in [7, 11) is 0. The first-order chi connectivity index (χ1) is 14.7. The smallest absolute Gasteiger partial charge is 0.333 e. The third kappa shape index (κ3) is 3.96. The van der Waals surface area contributed by atoms with E-state index in [1.54, 1.807) is 6.92 Å². The molecule has 6 unspecified atom stereocenters. The molecule has 0 radical (unpaired) electrons. The van der Waals surface area contributed by atoms with Crippen LogP contribution in [-0.2, 0) is 33.4 Å². The average molecular weight is 434 g/mol. The third-order valence-electron chi connectivity index (χ3n) is 7.53. The van der Waals surface area contributed by atoms with Crippen molar-refractivity contribution < 1.29 is 38.5 Å². The number of carbonyl (C=O) groups excluding carboxylic acids is 3. The molecule has 2 bridgehead atoms. The van der Waals surface area contributed by atoms with Crippen LogP contribution in [0.4, 0.5) is 0 Å². The second kappa shape index (κ2) is 8.28. The maximum Gasteiger partial charge on any atom is 0.333 e. The van der Waals surface area contributed by atoms with Crippen LogP contribution < -0.4 is 0 Å². The molecule has 3 aliphatic carbocycles. The highest BCUT2D eigenvalue weighted by atomic mass is 16.6. The van der Waals surface area contributed by atoms with Crippen molar-refractivity contribution in [1.29, 1.82) is 0 Å². The van der Waals surface area contributed by atoms with Crippen LogP contribution in [0.1, 0.15) is 64.7 Å². The number of aliphatic carboxylic acids is 1. The Morgan fingerprint density at radius 2 is 1.90 bits per heavy atom. The number of rotatable bonds is 8. The topological polar surface area (TPSA) is 116 Å². The molecule has 4 rings (SSSR count). The molecule has 4 aliphatic rings. The molecule has 3 saturated carbocycles. The highest BCUT2D eigenvalue weighted by Gasteiger charge is 2.69. The molecule has 1 heterocycles. The van der Waals surface area contributed by atoms with Crippen LogP contribution in [0.25, 0.3) is 0 Å². The molecule has 0 amide bonds. The van der Waals surface area contributed by atoms with Crippen LogP contribution >= 0.6 is 0 Å². The van der Waals surface area contributed by atoms with Crippen molar-refractivity contribution in [1.82, 2.24) is 0 Å². The Morgan fingerprint density at radius 1 is 1.19 bits per heavy atom. The minimum Gasteiger partial charge on any atom is -0.481 e. The van der Waals surface area contributed by atoms with Gasteiger partial charge < -0.3 is 19.3 Å². The van der Waals surface area contributed by atoms with Crippen LogP contribution in [-0.4, -0.2) is 46.8 Å². The first kappa shape index (κ1) is 21.8. The second-order valence-electron chi connectivity index (χ2n) is 9.58. The maximum atomic E-state index is 12.6. The molecule has 1 saturated heterocycles. The molecule has 6 atom stereocenters. The standard InChI is InChI=1S/C23H30O8/c1-12(2)21(27)31-23(8-4-3-5-9-23)10-6-7-15(24)29-18-13-11-14-17(16(13)20(25)26)22(28)30-19(14)18/h13-14,16-19H,1,3-11H2,2H3,(H,25,26). The van der Waals surface area contributed by atoms with Crippen LogP contribution in [0.2, 0.25) is 0 Å². The number of ether oxygens (including phenoxy) is 3. The average Bonchev–Trinajstić information content (AvgIpc) is 3.32. The molecule has 0 aromatic heterocycles. The summed E-state index contributed by atoms with van der Waals surface area (Å²) in [6.07, 6.45) is 5.12. The summed E-state index contributed by atoms with van der Waals surface area (Å²) in [4.78, 5) is 48.4. The van der Waals surface area contributed by atoms with Gasteiger partial charge in [0, 0.05) is 23.8 Å². The Morgan fingerprint density at radius 3 is 2.55 bits per heavy atom. The van der Waals surface area contributed by atoms with Gasteiger partial charge in [0.1, 0.15) is 17.8 Å². The van der Waals surface area contributed by atoms with Crippen LogP contribution in [0.15, 0.2) is 12.2 Å². The van der Waals surface area contributed by atoms with Gasteiger partial charge in [-0.1, -0.05) is 13.0 Å². The van der Waals surface area contributed by atoms with Gasteiger partial charge in [-0.3, -0.25) is 14.4 Å². The fourth-order valence-electron chi connectivity index (χ4n) is 6.13. The molecule has 170 valence electrons. The van der Waals surface area contributed by atoms with Gasteiger partial charge in [0.25, 0.3) is 0 Å². The van der Waals surface area contributed by atoms with E-state index in [-0.39, 0.29) is 18.3 Å². The Kier molecular flexibility index (Phi) is 5.83. The lowest BCUT2D eigenvalue weighted by molar-refractivity contribution is -0.165. The van der Waals surface area contributed by atoms with Gasteiger partial charge in [-0.25, -0.2) is 4.79 Å². The lowest BCUT2D eigenvalue weighted by atomic mass is 9.78. The summed E-state index contributed by atoms with van der Waals surface area (Å²) in [6.45, 7) is 5.27. The van der Waals surface area contributed by atoms with Crippen LogP contribution in [0.5, 0.6) is 0 Å². The highest BCUT2D eigenvalue weighted by molar-refractivity contribution is 5.87. The van der Waals surface area contributed by atoms with Gasteiger partial charge >= 0.3 is 23.9 Å². The van der Waals surface area contributed by atoms with E-state index in [9.17, 15) is 24.3 Å². The van der Waals surface area contributed by atoms with Crippen molar-refractivity contribution in [2.75, 3.05) is 0 Å². The summed E-state index contributed by atoms with van der Waals surface area (Å²) in [5, 5.41) is 9.55. The van der Waals surface area contributed by atoms with E-state index in [1.807, 2.05) is 0 Å². The fourth-order valence-corrected chi connectivity index (χ4v) is 6.13. The van der Waals surface area contributed by atoms with Crippen molar-refractivity contribution >= 4 is 23.9 Å². The van der Waals surface area contributed by atoms with Crippen molar-refractivity contribution in [3.63, 3.8) is 0 Å². The van der Waals surface area contributed by atoms with Gasteiger partial charge in [0.2, 0.25) is 0 Å². The molecule has 4 fully saturated rings. The molecule has 1 aliphatic heterocycles. The monoisotopic (exact) mass is 434 g/mol. The van der Waals surface area contributed by atoms with Gasteiger partial charge in [-0.15, -0.1) is 0 Å². The number of fused-ring (bicyclic) bond motifs is 1. The van der Waals surface area contributed by atoms with Gasteiger partial charge in [-0.2, -0.15) is 0 Å². The molecule has 31 heavy (non-hydrogen) atoms. The number of carbonyl (C=O) groups is 4. The first-order valence-electron chi connectivity index (χ1n) is 11.2. The number of hydrogen-bond donors (Lipinski definition) is 1. The summed E-state index contributed by atoms with van der Waals surface area (Å²) in [5.74, 6) is -4.37. The predicted molar refractivity (Wildman–Crippen MR) is 107 cm³/mol. The second-order valence-corrected chi connectivity index (χ2v) is 9.58. The zero-order valence-electron chi connectivity index (χ0n) is 17.8. The lowest BCUT2D eigenvalue weighted by Gasteiger charge is -2.37. The quantitative estimate of drug-likeness (QED) is 0.352. The Bertz CT molecular complexity index is 795. The van der Waals surface area contributed by atoms with Gasteiger partial charge in [0.15, 0.2) is 0 Å². The van der Waals surface area contributed by atoms with E-state index in [0.717, 1.165) is 32.1 Å². The molecule has 0 aromatic rings. The number of carboxylic acids is 1. The van der Waals surface area contributed by atoms with E-state index in [2.05, 4.69) is 6.58 Å². The van der Waals surface area contributed by atoms with Crippen molar-refractivity contribution in [3.05, 3.63) is 12.2 Å². The summed E-state index contributed by atoms with van der Waals surface area (Å²) in [6, 6.07) is 0. The molecule has 8 nitrogen and oxygen atoms in total. The summed E-state index contributed by atoms with van der Waals surface area (Å²) < 4.78 is 16.8. The number of hydrogen-bond acceptors (Lipinski definition) is 7. The normalized spacial score (nSPS) is 34.8. The summed E-state index contributed by atoms with van der Waals surface area (Å²) in [5.41, 5.74) is -0.207. The predicted octanol–water partition coefficient (Wildman–Crippen LogP) is 2.78. The van der Waals surface area contributed by atoms with Crippen molar-refractivity contribution in [2.45, 2.75) is 82.5 Å². The maximum absolute atomic E-state index is 12.6. The Balaban J connectivity index is 1.33. The minimum absolute atomic E-state index is 0.141. The fraction of sp³-hybridized carbons (Fsp3) is 0.739. The zero-order valence-corrected chi connectivity index (χ0v) is 17.8. The van der Waals surface area contributed by atoms with Crippen molar-refractivity contribution in [3.8, 4) is 0 Å². The van der Waals surface area contributed by atoms with E-state index in [0.29, 0.717) is 24.8 Å². The molecule has 0 aromatic carbocycles. The van der Waals surface area contributed by atoms with E-state index < -0.39 is 53.5 Å². The Hall–Kier alpha value is -2.38. The minimum atomic E-state index is -1.03. The molecule has 0 spiro atoms. The van der Waals surface area contributed by atoms with Crippen molar-refractivity contribution in [2.24, 2.45) is 23.7 Å². The van der Waals surface area contributed by atoms with Crippen LogP contribution in [0, 0.1) is 23.7 Å². The number of carboxylic acid groups (broad SMARTS) is 1. The van der Waals surface area contributed by atoms with Crippen LogP contribution in [0.3, 0.4) is 0 Å². The first-order valence-corrected chi connectivity index (χ1v) is 11.2. The molecular weight excluding hydrogens is 404 g/mol. The lowest BCUT2D eigenvalue weighted by Crippen LogP contribution is -2.43. The Labute approximate surface area is 181 Å².